The summed E-state index contributed by atoms with van der Waals surface area (Å²) in [4.78, 5) is 23.8. The van der Waals surface area contributed by atoms with Crippen LogP contribution in [-0.2, 0) is 6.54 Å². The quantitative estimate of drug-likeness (QED) is 0.686. The van der Waals surface area contributed by atoms with Gasteiger partial charge in [0.1, 0.15) is 4.83 Å². The van der Waals surface area contributed by atoms with Gasteiger partial charge in [-0.3, -0.25) is 4.79 Å². The number of nitrogens with zero attached hydrogens (tertiary/aromatic N) is 4. The molecule has 3 aromatic heterocycles. The van der Waals surface area contributed by atoms with E-state index in [1.54, 1.807) is 11.3 Å². The average molecular weight is 375 g/mol. The second-order valence-electron chi connectivity index (χ2n) is 6.25. The maximum Gasteiger partial charge on any atom is 0.264 e. The van der Waals surface area contributed by atoms with E-state index < -0.39 is 0 Å². The molecule has 25 heavy (non-hydrogen) atoms. The maximum absolute atomic E-state index is 13.0. The van der Waals surface area contributed by atoms with Gasteiger partial charge < -0.3 is 14.4 Å². The number of thiophene rings is 1. The minimum Gasteiger partial charge on any atom is -0.349 e. The first kappa shape index (κ1) is 16.6. The number of anilines is 1. The fourth-order valence-electron chi connectivity index (χ4n) is 3.46. The van der Waals surface area contributed by atoms with Gasteiger partial charge in [0.25, 0.3) is 5.91 Å². The van der Waals surface area contributed by atoms with Crippen LogP contribution in [0.4, 0.5) is 5.13 Å². The first-order valence-electron chi connectivity index (χ1n) is 8.73. The van der Waals surface area contributed by atoms with E-state index in [0.717, 1.165) is 45.7 Å². The second-order valence-corrected chi connectivity index (χ2v) is 8.29. The van der Waals surface area contributed by atoms with Crippen molar-refractivity contribution in [2.24, 2.45) is 0 Å². The van der Waals surface area contributed by atoms with E-state index in [2.05, 4.69) is 48.6 Å². The molecule has 132 valence electrons. The third-order valence-corrected chi connectivity index (χ3v) is 7.13. The molecular weight excluding hydrogens is 352 g/mol. The summed E-state index contributed by atoms with van der Waals surface area (Å²) in [6.07, 6.45) is 2.09. The van der Waals surface area contributed by atoms with E-state index in [0.29, 0.717) is 0 Å². The van der Waals surface area contributed by atoms with Gasteiger partial charge in [-0.25, -0.2) is 4.98 Å². The van der Waals surface area contributed by atoms with Crippen molar-refractivity contribution in [1.29, 1.82) is 0 Å². The topological polar surface area (TPSA) is 41.4 Å². The van der Waals surface area contributed by atoms with Crippen LogP contribution in [0.25, 0.3) is 9.53 Å². The van der Waals surface area contributed by atoms with Crippen molar-refractivity contribution < 1.29 is 4.79 Å². The number of fused-ring (bicyclic) bond motifs is 2. The number of rotatable bonds is 4. The molecule has 7 heteroatoms. The molecule has 0 aliphatic carbocycles. The molecule has 0 saturated carbocycles. The zero-order valence-corrected chi connectivity index (χ0v) is 16.4. The van der Waals surface area contributed by atoms with Gasteiger partial charge in [-0.15, -0.1) is 11.3 Å². The average Bonchev–Trinajstić information content (AvgIpc) is 3.30. The molecule has 5 nitrogen and oxygen atoms in total. The summed E-state index contributed by atoms with van der Waals surface area (Å²) < 4.78 is 3.35. The SMILES string of the molecule is CCN(CC)c1nc2sc(C(=O)N3CCn4cccc4C3C)cc2s1. The minimum atomic E-state index is 0.107. The van der Waals surface area contributed by atoms with Crippen LogP contribution in [0.2, 0.25) is 0 Å². The van der Waals surface area contributed by atoms with Gasteiger partial charge in [-0.05, 0) is 39.0 Å². The lowest BCUT2D eigenvalue weighted by Gasteiger charge is -2.34. The first-order chi connectivity index (χ1) is 12.1. The van der Waals surface area contributed by atoms with Gasteiger partial charge in [0.15, 0.2) is 5.13 Å². The van der Waals surface area contributed by atoms with Crippen LogP contribution >= 0.6 is 22.7 Å². The lowest BCUT2D eigenvalue weighted by Crippen LogP contribution is -2.40. The molecule has 0 saturated heterocycles. The van der Waals surface area contributed by atoms with E-state index in [9.17, 15) is 4.79 Å². The summed E-state index contributed by atoms with van der Waals surface area (Å²) in [6.45, 7) is 9.91. The summed E-state index contributed by atoms with van der Waals surface area (Å²) in [5, 5.41) is 1.05. The molecule has 1 unspecified atom stereocenters. The molecular formula is C18H22N4OS2. The third-order valence-electron chi connectivity index (χ3n) is 4.93. The molecule has 0 radical (unpaired) electrons. The normalized spacial score (nSPS) is 17.1. The maximum atomic E-state index is 13.0. The van der Waals surface area contributed by atoms with Crippen molar-refractivity contribution in [3.63, 3.8) is 0 Å². The predicted molar refractivity (Wildman–Crippen MR) is 105 cm³/mol. The van der Waals surface area contributed by atoms with Crippen LogP contribution in [0.15, 0.2) is 24.4 Å². The highest BCUT2D eigenvalue weighted by Gasteiger charge is 2.29. The lowest BCUT2D eigenvalue weighted by atomic mass is 10.1. The molecule has 4 rings (SSSR count). The number of hydrogen-bond acceptors (Lipinski definition) is 5. The molecule has 0 spiro atoms. The molecule has 4 heterocycles. The van der Waals surface area contributed by atoms with E-state index in [1.807, 2.05) is 11.0 Å². The number of hydrogen-bond donors (Lipinski definition) is 0. The summed E-state index contributed by atoms with van der Waals surface area (Å²) in [7, 11) is 0. The van der Waals surface area contributed by atoms with E-state index in [4.69, 9.17) is 4.98 Å². The molecule has 0 aromatic carbocycles. The Kier molecular flexibility index (Phi) is 4.29. The Labute approximate surface area is 155 Å². The van der Waals surface area contributed by atoms with Crippen LogP contribution in [0.3, 0.4) is 0 Å². The Hall–Kier alpha value is -1.86. The number of carbonyl (C=O) groups excluding carboxylic acids is 1. The number of aromatic nitrogens is 2. The van der Waals surface area contributed by atoms with Crippen LogP contribution in [0.5, 0.6) is 0 Å². The van der Waals surface area contributed by atoms with Crippen molar-refractivity contribution >= 4 is 43.2 Å². The Bertz CT molecular complexity index is 874. The van der Waals surface area contributed by atoms with Crippen LogP contribution in [-0.4, -0.2) is 40.0 Å². The number of thiazole rings is 1. The highest BCUT2D eigenvalue weighted by molar-refractivity contribution is 7.29. The number of amides is 1. The van der Waals surface area contributed by atoms with Crippen LogP contribution < -0.4 is 4.90 Å². The smallest absolute Gasteiger partial charge is 0.264 e. The second kappa shape index (κ2) is 6.46. The molecule has 1 aliphatic rings. The van der Waals surface area contributed by atoms with Crippen molar-refractivity contribution in [1.82, 2.24) is 14.5 Å². The summed E-state index contributed by atoms with van der Waals surface area (Å²) in [5.41, 5.74) is 1.21. The number of carbonyl (C=O) groups is 1. The molecule has 3 aromatic rings. The van der Waals surface area contributed by atoms with Gasteiger partial charge >= 0.3 is 0 Å². The fraction of sp³-hybridized carbons (Fsp3) is 0.444. The van der Waals surface area contributed by atoms with Gasteiger partial charge in [0.2, 0.25) is 0 Å². The van der Waals surface area contributed by atoms with Crippen molar-refractivity contribution in [3.05, 3.63) is 35.0 Å². The molecule has 0 fully saturated rings. The zero-order chi connectivity index (χ0) is 17.6. The van der Waals surface area contributed by atoms with E-state index >= 15 is 0 Å². The highest BCUT2D eigenvalue weighted by Crippen LogP contribution is 2.36. The molecule has 0 N–H and O–H groups in total. The van der Waals surface area contributed by atoms with Crippen LogP contribution in [0.1, 0.15) is 42.2 Å². The van der Waals surface area contributed by atoms with Crippen molar-refractivity contribution in [3.8, 4) is 0 Å². The Balaban J connectivity index is 1.59. The Morgan fingerprint density at radius 3 is 2.84 bits per heavy atom. The van der Waals surface area contributed by atoms with E-state index in [-0.39, 0.29) is 11.9 Å². The van der Waals surface area contributed by atoms with Gasteiger partial charge in [-0.1, -0.05) is 11.3 Å². The van der Waals surface area contributed by atoms with Gasteiger partial charge in [0, 0.05) is 38.1 Å². The van der Waals surface area contributed by atoms with Crippen molar-refractivity contribution in [2.75, 3.05) is 24.5 Å². The summed E-state index contributed by atoms with van der Waals surface area (Å²) >= 11 is 3.20. The van der Waals surface area contributed by atoms with Gasteiger partial charge in [0.05, 0.1) is 15.6 Å². The summed E-state index contributed by atoms with van der Waals surface area (Å²) in [6, 6.07) is 6.29. The van der Waals surface area contributed by atoms with Crippen molar-refractivity contribution in [2.45, 2.75) is 33.4 Å². The molecule has 0 bridgehead atoms. The van der Waals surface area contributed by atoms with Gasteiger partial charge in [-0.2, -0.15) is 0 Å². The third kappa shape index (κ3) is 2.75. The van der Waals surface area contributed by atoms with Crippen LogP contribution in [0, 0.1) is 0 Å². The molecule has 1 atom stereocenters. The first-order valence-corrected chi connectivity index (χ1v) is 10.4. The zero-order valence-electron chi connectivity index (χ0n) is 14.7. The molecule has 1 amide bonds. The predicted octanol–water partition coefficient (Wildman–Crippen LogP) is 4.22. The Morgan fingerprint density at radius 1 is 1.32 bits per heavy atom. The van der Waals surface area contributed by atoms with E-state index in [1.165, 1.54) is 17.0 Å². The minimum absolute atomic E-state index is 0.107. The lowest BCUT2D eigenvalue weighted by molar-refractivity contribution is 0.0649. The fourth-order valence-corrected chi connectivity index (χ4v) is 5.75. The monoisotopic (exact) mass is 374 g/mol. The standard InChI is InChI=1S/C18H22N4OS2/c1-4-20(5-2)18-19-16-14(25-18)11-15(24-16)17(23)22-10-9-21-8-6-7-13(21)12(22)3/h6-8,11-12H,4-5,9-10H2,1-3H3. The molecule has 1 aliphatic heterocycles. The highest BCUT2D eigenvalue weighted by atomic mass is 32.1. The summed E-state index contributed by atoms with van der Waals surface area (Å²) in [5.74, 6) is 0.125. The largest absolute Gasteiger partial charge is 0.349 e. The Morgan fingerprint density at radius 2 is 2.12 bits per heavy atom.